The number of aliphatic carboxylic acids is 1. The maximum Gasteiger partial charge on any atom is 0.416 e. The standard InChI is InChI=1S/C16H14F3N5O4/c1-22-12-11(13(27)23(2)15(22)28)24(7-10(25)26)14(21-12)20-9-5-3-4-8(6-9)16(17,18)19/h3-6,11H,7H2,1-2H3,(H,25,26)/p+1. The lowest BCUT2D eigenvalue weighted by Crippen LogP contribution is -2.61. The zero-order chi connectivity index (χ0) is 20.8. The van der Waals surface area contributed by atoms with Gasteiger partial charge in [0.25, 0.3) is 5.91 Å². The van der Waals surface area contributed by atoms with Crippen LogP contribution in [0.2, 0.25) is 0 Å². The number of alkyl halides is 3. The van der Waals surface area contributed by atoms with Gasteiger partial charge in [-0.15, -0.1) is 0 Å². The van der Waals surface area contributed by atoms with Gasteiger partial charge in [0, 0.05) is 14.1 Å². The van der Waals surface area contributed by atoms with E-state index in [1.807, 2.05) is 0 Å². The van der Waals surface area contributed by atoms with Crippen LogP contribution in [0.1, 0.15) is 5.56 Å². The number of nitrogens with one attached hydrogen (secondary N) is 1. The summed E-state index contributed by atoms with van der Waals surface area (Å²) in [7, 11) is 2.61. The lowest BCUT2D eigenvalue weighted by Gasteiger charge is -2.31. The van der Waals surface area contributed by atoms with Crippen LogP contribution in [0.4, 0.5) is 23.7 Å². The Morgan fingerprint density at radius 1 is 1.29 bits per heavy atom. The van der Waals surface area contributed by atoms with E-state index in [-0.39, 0.29) is 17.5 Å². The number of fused-ring (bicyclic) bond motifs is 1. The molecule has 28 heavy (non-hydrogen) atoms. The fourth-order valence-electron chi connectivity index (χ4n) is 2.91. The Labute approximate surface area is 156 Å². The molecule has 0 spiro atoms. The minimum Gasteiger partial charge on any atom is -0.479 e. The van der Waals surface area contributed by atoms with Crippen LogP contribution in [0.25, 0.3) is 0 Å². The van der Waals surface area contributed by atoms with E-state index in [1.165, 1.54) is 26.2 Å². The number of carboxylic acids is 1. The predicted molar refractivity (Wildman–Crippen MR) is 90.0 cm³/mol. The van der Waals surface area contributed by atoms with Crippen LogP contribution >= 0.6 is 0 Å². The number of nitrogens with zero attached hydrogens (tertiary/aromatic N) is 4. The summed E-state index contributed by atoms with van der Waals surface area (Å²) >= 11 is 0. The largest absolute Gasteiger partial charge is 0.479 e. The first-order valence-corrected chi connectivity index (χ1v) is 7.94. The van der Waals surface area contributed by atoms with Gasteiger partial charge in [0.05, 0.1) is 11.3 Å². The van der Waals surface area contributed by atoms with Gasteiger partial charge in [-0.3, -0.25) is 14.6 Å². The third kappa shape index (κ3) is 3.28. The molecule has 12 heteroatoms. The quantitative estimate of drug-likeness (QED) is 0.736. The molecule has 1 atom stereocenters. The van der Waals surface area contributed by atoms with Crippen LogP contribution in [0.15, 0.2) is 29.3 Å². The summed E-state index contributed by atoms with van der Waals surface area (Å²) in [5, 5.41) is 11.8. The number of amides is 3. The summed E-state index contributed by atoms with van der Waals surface area (Å²) in [6, 6.07) is 2.39. The van der Waals surface area contributed by atoms with Gasteiger partial charge in [0.15, 0.2) is 6.54 Å². The van der Waals surface area contributed by atoms with E-state index in [9.17, 15) is 32.7 Å². The number of aliphatic imine (C=N–C) groups is 1. The third-order valence-electron chi connectivity index (χ3n) is 4.28. The van der Waals surface area contributed by atoms with Crippen molar-refractivity contribution in [2.24, 2.45) is 4.99 Å². The third-order valence-corrected chi connectivity index (χ3v) is 4.28. The number of carbonyl (C=O) groups is 3. The Morgan fingerprint density at radius 2 is 1.96 bits per heavy atom. The van der Waals surface area contributed by atoms with Gasteiger partial charge in [-0.2, -0.15) is 13.2 Å². The average Bonchev–Trinajstić information content (AvgIpc) is 2.95. The Bertz CT molecular complexity index is 940. The minimum absolute atomic E-state index is 0.00186. The molecule has 9 nitrogen and oxygen atoms in total. The summed E-state index contributed by atoms with van der Waals surface area (Å²) in [5.41, 5.74) is -0.910. The van der Waals surface area contributed by atoms with Gasteiger partial charge in [-0.05, 0) is 18.2 Å². The number of anilines is 1. The zero-order valence-electron chi connectivity index (χ0n) is 14.7. The number of carboxylic acid groups (broad SMARTS) is 1. The van der Waals surface area contributed by atoms with E-state index in [0.29, 0.717) is 0 Å². The van der Waals surface area contributed by atoms with Crippen LogP contribution in [0, 0.1) is 0 Å². The van der Waals surface area contributed by atoms with Gasteiger partial charge in [-0.1, -0.05) is 11.1 Å². The second-order valence-electron chi connectivity index (χ2n) is 6.16. The summed E-state index contributed by atoms with van der Waals surface area (Å²) in [6.07, 6.45) is -4.57. The predicted octanol–water partition coefficient (Wildman–Crippen LogP) is 0.875. The van der Waals surface area contributed by atoms with Crippen molar-refractivity contribution in [1.29, 1.82) is 0 Å². The van der Waals surface area contributed by atoms with Crippen LogP contribution in [-0.4, -0.2) is 75.9 Å². The van der Waals surface area contributed by atoms with Crippen LogP contribution in [0.5, 0.6) is 0 Å². The molecule has 148 valence electrons. The van der Waals surface area contributed by atoms with Gasteiger partial charge in [-0.25, -0.2) is 19.5 Å². The summed E-state index contributed by atoms with van der Waals surface area (Å²) < 4.78 is 39.8. The smallest absolute Gasteiger partial charge is 0.416 e. The molecule has 0 aromatic heterocycles. The molecule has 2 heterocycles. The van der Waals surface area contributed by atoms with E-state index < -0.39 is 42.2 Å². The van der Waals surface area contributed by atoms with E-state index in [4.69, 9.17) is 0 Å². The molecule has 0 saturated carbocycles. The van der Waals surface area contributed by atoms with Crippen molar-refractivity contribution in [3.8, 4) is 0 Å². The molecule has 2 aliphatic heterocycles. The summed E-state index contributed by atoms with van der Waals surface area (Å²) in [6.45, 7) is -0.652. The zero-order valence-corrected chi connectivity index (χ0v) is 14.7. The second kappa shape index (κ2) is 6.62. The molecule has 1 saturated heterocycles. The van der Waals surface area contributed by atoms with Crippen molar-refractivity contribution in [2.45, 2.75) is 12.2 Å². The molecular formula is C16H15F3N5O4+. The molecule has 0 bridgehead atoms. The number of imide groups is 1. The molecule has 0 radical (unpaired) electrons. The van der Waals surface area contributed by atoms with E-state index in [2.05, 4.69) is 10.3 Å². The van der Waals surface area contributed by atoms with Crippen molar-refractivity contribution in [3.05, 3.63) is 29.8 Å². The lowest BCUT2D eigenvalue weighted by atomic mass is 10.1. The fraction of sp³-hybridized carbons (Fsp3) is 0.312. The molecule has 2 N–H and O–H groups in total. The van der Waals surface area contributed by atoms with E-state index in [1.54, 1.807) is 0 Å². The van der Waals surface area contributed by atoms with Crippen molar-refractivity contribution >= 4 is 35.4 Å². The fourth-order valence-corrected chi connectivity index (χ4v) is 2.91. The summed E-state index contributed by atoms with van der Waals surface area (Å²) in [5.74, 6) is -2.13. The first-order chi connectivity index (χ1) is 13.0. The lowest BCUT2D eigenvalue weighted by molar-refractivity contribution is -0.525. The number of hydrogen-bond acceptors (Lipinski definition) is 5. The normalized spacial score (nSPS) is 19.8. The minimum atomic E-state index is -4.57. The summed E-state index contributed by atoms with van der Waals surface area (Å²) in [4.78, 5) is 41.9. The number of halogens is 3. The van der Waals surface area contributed by atoms with Crippen molar-refractivity contribution in [3.63, 3.8) is 0 Å². The average molecular weight is 398 g/mol. The Balaban J connectivity index is 2.03. The van der Waals surface area contributed by atoms with Crippen molar-refractivity contribution < 1.29 is 37.2 Å². The highest BCUT2D eigenvalue weighted by Gasteiger charge is 2.51. The Morgan fingerprint density at radius 3 is 2.57 bits per heavy atom. The molecule has 1 aromatic rings. The molecule has 3 rings (SSSR count). The van der Waals surface area contributed by atoms with Crippen LogP contribution < -0.4 is 5.32 Å². The number of guanidine groups is 1. The number of amidine groups is 1. The SMILES string of the molecule is CN1C(=O)C2C(=NC(Nc3cccc(C(F)(F)F)c3)=[N+]2CC(=O)O)N(C)C1=O. The van der Waals surface area contributed by atoms with Crippen LogP contribution in [-0.2, 0) is 15.8 Å². The number of urea groups is 1. The molecule has 1 aromatic carbocycles. The Kier molecular flexibility index (Phi) is 4.57. The number of benzene rings is 1. The van der Waals surface area contributed by atoms with E-state index in [0.717, 1.165) is 26.5 Å². The van der Waals surface area contributed by atoms with Gasteiger partial charge in [0.1, 0.15) is 0 Å². The van der Waals surface area contributed by atoms with Gasteiger partial charge < -0.3 is 5.11 Å². The number of hydrogen-bond donors (Lipinski definition) is 2. The molecular weight excluding hydrogens is 383 g/mol. The number of likely N-dealkylation sites (N-methyl/N-ethyl adjacent to an activating group) is 2. The number of rotatable bonds is 3. The number of carbonyl (C=O) groups excluding carboxylic acids is 2. The highest BCUT2D eigenvalue weighted by Crippen LogP contribution is 2.31. The van der Waals surface area contributed by atoms with Crippen LogP contribution in [0.3, 0.4) is 0 Å². The first-order valence-electron chi connectivity index (χ1n) is 7.94. The van der Waals surface area contributed by atoms with Gasteiger partial charge >= 0.3 is 24.1 Å². The highest BCUT2D eigenvalue weighted by atomic mass is 19.4. The molecule has 3 amide bonds. The van der Waals surface area contributed by atoms with E-state index >= 15 is 0 Å². The first kappa shape index (κ1) is 19.3. The molecule has 1 fully saturated rings. The highest BCUT2D eigenvalue weighted by molar-refractivity contribution is 6.23. The topological polar surface area (TPSA) is 105 Å². The molecule has 1 unspecified atom stereocenters. The second-order valence-corrected chi connectivity index (χ2v) is 6.16. The van der Waals surface area contributed by atoms with Crippen molar-refractivity contribution in [1.82, 2.24) is 9.80 Å². The van der Waals surface area contributed by atoms with Crippen molar-refractivity contribution in [2.75, 3.05) is 26.0 Å². The monoisotopic (exact) mass is 398 g/mol. The maximum atomic E-state index is 12.9. The molecule has 2 aliphatic rings. The molecule has 0 aliphatic carbocycles. The van der Waals surface area contributed by atoms with Gasteiger partial charge in [0.2, 0.25) is 11.9 Å². The Hall–Kier alpha value is -3.44. The maximum absolute atomic E-state index is 12.9.